The lowest BCUT2D eigenvalue weighted by atomic mass is 10.0. The molecule has 37 heavy (non-hydrogen) atoms. The van der Waals surface area contributed by atoms with E-state index in [-0.39, 0.29) is 17.0 Å². The minimum atomic E-state index is -4.71. The predicted octanol–water partition coefficient (Wildman–Crippen LogP) is 6.18. The molecule has 0 unspecified atom stereocenters. The van der Waals surface area contributed by atoms with Gasteiger partial charge in [0, 0.05) is 22.8 Å². The zero-order chi connectivity index (χ0) is 26.3. The number of rotatable bonds is 5. The number of hydrogen-bond acceptors (Lipinski definition) is 4. The second-order valence-corrected chi connectivity index (χ2v) is 9.00. The second kappa shape index (κ2) is 9.36. The van der Waals surface area contributed by atoms with Crippen molar-refractivity contribution in [2.75, 3.05) is 5.32 Å². The van der Waals surface area contributed by atoms with Crippen molar-refractivity contribution in [1.82, 2.24) is 24.4 Å². The number of nitrogens with zero attached hydrogens (tertiary/aromatic N) is 5. The van der Waals surface area contributed by atoms with Crippen LogP contribution in [0.25, 0.3) is 16.9 Å². The Labute approximate surface area is 214 Å². The summed E-state index contributed by atoms with van der Waals surface area (Å²) in [6.07, 6.45) is -1.69. The van der Waals surface area contributed by atoms with Crippen LogP contribution < -0.4 is 5.32 Å². The van der Waals surface area contributed by atoms with Gasteiger partial charge in [-0.1, -0.05) is 41.9 Å². The summed E-state index contributed by atoms with van der Waals surface area (Å²) in [5.74, 6) is -0.691. The van der Waals surface area contributed by atoms with E-state index in [4.69, 9.17) is 11.6 Å². The molecular formula is C26H20ClF3N6O. The first-order valence-electron chi connectivity index (χ1n) is 11.2. The molecule has 0 radical (unpaired) electrons. The van der Waals surface area contributed by atoms with Crippen molar-refractivity contribution >= 4 is 28.8 Å². The molecule has 188 valence electrons. The van der Waals surface area contributed by atoms with E-state index in [0.717, 1.165) is 22.8 Å². The summed E-state index contributed by atoms with van der Waals surface area (Å²) in [6, 6.07) is 14.8. The van der Waals surface area contributed by atoms with Gasteiger partial charge in [0.1, 0.15) is 0 Å². The van der Waals surface area contributed by atoms with Crippen molar-refractivity contribution in [1.29, 1.82) is 0 Å². The number of carbonyl (C=O) groups is 1. The number of fused-ring (bicyclic) bond motifs is 1. The van der Waals surface area contributed by atoms with Crippen LogP contribution in [-0.4, -0.2) is 30.3 Å². The quantitative estimate of drug-likeness (QED) is 0.298. The molecule has 0 atom stereocenters. The molecule has 0 bridgehead atoms. The molecule has 0 aliphatic rings. The number of aromatic nitrogens is 5. The number of halogens is 4. The number of nitrogens with one attached hydrogen (secondary N) is 1. The number of hydrogen-bond donors (Lipinski definition) is 1. The number of amides is 1. The van der Waals surface area contributed by atoms with Crippen LogP contribution in [0, 0.1) is 13.8 Å². The minimum absolute atomic E-state index is 0.0948. The summed E-state index contributed by atoms with van der Waals surface area (Å²) < 4.78 is 44.0. The number of anilines is 1. The highest BCUT2D eigenvalue weighted by Crippen LogP contribution is 2.33. The Bertz CT molecular complexity index is 1640. The normalized spacial score (nSPS) is 11.7. The average Bonchev–Trinajstić information content (AvgIpc) is 3.47. The van der Waals surface area contributed by atoms with E-state index in [1.807, 2.05) is 38.1 Å². The van der Waals surface area contributed by atoms with Gasteiger partial charge in [-0.3, -0.25) is 9.48 Å². The van der Waals surface area contributed by atoms with E-state index in [1.54, 1.807) is 29.1 Å². The van der Waals surface area contributed by atoms with Crippen molar-refractivity contribution in [2.24, 2.45) is 0 Å². The van der Waals surface area contributed by atoms with Gasteiger partial charge in [-0.05, 0) is 48.7 Å². The molecule has 11 heteroatoms. The number of aryl methyl sites for hydroxylation is 2. The molecule has 3 heterocycles. The molecule has 7 nitrogen and oxygen atoms in total. The van der Waals surface area contributed by atoms with Crippen LogP contribution in [0.3, 0.4) is 0 Å². The summed E-state index contributed by atoms with van der Waals surface area (Å²) in [5, 5.41) is 11.3. The Morgan fingerprint density at radius 3 is 2.57 bits per heavy atom. The van der Waals surface area contributed by atoms with Crippen molar-refractivity contribution in [3.8, 4) is 11.3 Å². The van der Waals surface area contributed by atoms with E-state index in [2.05, 4.69) is 20.5 Å². The van der Waals surface area contributed by atoms with Gasteiger partial charge < -0.3 is 5.32 Å². The molecule has 1 N–H and O–H groups in total. The standard InChI is InChI=1S/C26H20ClF3N6O/c1-15-7-8-17(9-16(15)2)21-10-23(26(28,29)30)36-24(33-21)11-22(34-36)25(37)32-19-12-31-35(14-19)13-18-5-3-4-6-20(18)27/h3-12,14H,13H2,1-2H3,(H,32,37). The van der Waals surface area contributed by atoms with Crippen molar-refractivity contribution in [3.05, 3.63) is 100 Å². The lowest BCUT2D eigenvalue weighted by Gasteiger charge is -2.11. The molecule has 0 aliphatic carbocycles. The van der Waals surface area contributed by atoms with E-state index < -0.39 is 17.8 Å². The van der Waals surface area contributed by atoms with E-state index >= 15 is 0 Å². The fourth-order valence-corrected chi connectivity index (χ4v) is 4.04. The highest BCUT2D eigenvalue weighted by molar-refractivity contribution is 6.31. The first kappa shape index (κ1) is 24.5. The fraction of sp³-hybridized carbons (Fsp3) is 0.154. The predicted molar refractivity (Wildman–Crippen MR) is 134 cm³/mol. The maximum Gasteiger partial charge on any atom is 0.433 e. The van der Waals surface area contributed by atoms with Crippen LogP contribution in [0.5, 0.6) is 0 Å². The van der Waals surface area contributed by atoms with Gasteiger partial charge in [-0.2, -0.15) is 23.4 Å². The van der Waals surface area contributed by atoms with E-state index in [1.165, 1.54) is 12.3 Å². The van der Waals surface area contributed by atoms with E-state index in [9.17, 15) is 18.0 Å². The number of alkyl halides is 3. The highest BCUT2D eigenvalue weighted by Gasteiger charge is 2.35. The van der Waals surface area contributed by atoms with Crippen LogP contribution >= 0.6 is 11.6 Å². The van der Waals surface area contributed by atoms with Gasteiger partial charge in [0.2, 0.25) is 0 Å². The average molecular weight is 525 g/mol. The molecule has 5 rings (SSSR count). The first-order chi connectivity index (χ1) is 17.6. The summed E-state index contributed by atoms with van der Waals surface area (Å²) in [4.78, 5) is 17.2. The van der Waals surface area contributed by atoms with Crippen LogP contribution in [0.4, 0.5) is 18.9 Å². The van der Waals surface area contributed by atoms with Crippen molar-refractivity contribution < 1.29 is 18.0 Å². The molecule has 0 spiro atoms. The minimum Gasteiger partial charge on any atom is -0.318 e. The third-order valence-electron chi connectivity index (χ3n) is 5.93. The Hall–Kier alpha value is -4.18. The molecule has 5 aromatic rings. The molecule has 0 fully saturated rings. The van der Waals surface area contributed by atoms with Gasteiger partial charge in [0.05, 0.1) is 24.1 Å². The Morgan fingerprint density at radius 1 is 1.05 bits per heavy atom. The van der Waals surface area contributed by atoms with Gasteiger partial charge in [-0.15, -0.1) is 0 Å². The lowest BCUT2D eigenvalue weighted by molar-refractivity contribution is -0.142. The molecule has 3 aromatic heterocycles. The lowest BCUT2D eigenvalue weighted by Crippen LogP contribution is -2.15. The van der Waals surface area contributed by atoms with Crippen LogP contribution in [-0.2, 0) is 12.7 Å². The maximum absolute atomic E-state index is 13.9. The van der Waals surface area contributed by atoms with Gasteiger partial charge in [0.25, 0.3) is 5.91 Å². The number of carbonyl (C=O) groups excluding carboxylic acids is 1. The Morgan fingerprint density at radius 2 is 1.84 bits per heavy atom. The van der Waals surface area contributed by atoms with Crippen LogP contribution in [0.1, 0.15) is 32.9 Å². The third-order valence-corrected chi connectivity index (χ3v) is 6.30. The van der Waals surface area contributed by atoms with Crippen molar-refractivity contribution in [3.63, 3.8) is 0 Å². The molecule has 0 aliphatic heterocycles. The van der Waals surface area contributed by atoms with E-state index in [0.29, 0.717) is 27.3 Å². The third kappa shape index (κ3) is 5.05. The van der Waals surface area contributed by atoms with Gasteiger partial charge in [0.15, 0.2) is 17.0 Å². The fourth-order valence-electron chi connectivity index (χ4n) is 3.85. The molecule has 2 aromatic carbocycles. The number of benzene rings is 2. The summed E-state index contributed by atoms with van der Waals surface area (Å²) in [7, 11) is 0. The molecule has 0 saturated carbocycles. The van der Waals surface area contributed by atoms with Gasteiger partial charge >= 0.3 is 6.18 Å². The SMILES string of the molecule is Cc1ccc(-c2cc(C(F)(F)F)n3nc(C(=O)Nc4cnn(Cc5ccccc5Cl)c4)cc3n2)cc1C. The molecule has 1 amide bonds. The summed E-state index contributed by atoms with van der Waals surface area (Å²) >= 11 is 6.19. The molecular weight excluding hydrogens is 505 g/mol. The Balaban J connectivity index is 1.44. The highest BCUT2D eigenvalue weighted by atomic mass is 35.5. The topological polar surface area (TPSA) is 77.1 Å². The summed E-state index contributed by atoms with van der Waals surface area (Å²) in [6.45, 7) is 4.17. The maximum atomic E-state index is 13.9. The van der Waals surface area contributed by atoms with Gasteiger partial charge in [-0.25, -0.2) is 9.50 Å². The zero-order valence-electron chi connectivity index (χ0n) is 19.7. The smallest absolute Gasteiger partial charge is 0.318 e. The van der Waals surface area contributed by atoms with Crippen molar-refractivity contribution in [2.45, 2.75) is 26.6 Å². The Kier molecular flexibility index (Phi) is 6.20. The second-order valence-electron chi connectivity index (χ2n) is 8.60. The largest absolute Gasteiger partial charge is 0.433 e. The monoisotopic (exact) mass is 524 g/mol. The van der Waals surface area contributed by atoms with Crippen LogP contribution in [0.15, 0.2) is 67.0 Å². The van der Waals surface area contributed by atoms with Crippen LogP contribution in [0.2, 0.25) is 5.02 Å². The first-order valence-corrected chi connectivity index (χ1v) is 11.6. The molecule has 0 saturated heterocycles. The summed E-state index contributed by atoms with van der Waals surface area (Å²) in [5.41, 5.74) is 2.47. The zero-order valence-corrected chi connectivity index (χ0v) is 20.5.